The molecule has 1 aromatic carbocycles. The number of nitrogens with one attached hydrogen (secondary N) is 1. The number of nitrogens with two attached hydrogens (primary N) is 1. The number of nitrogens with zero attached hydrogens (tertiary/aromatic N) is 1. The number of benzene rings is 1. The first-order valence-corrected chi connectivity index (χ1v) is 6.37. The second-order valence-corrected chi connectivity index (χ2v) is 4.85. The largest absolute Gasteiger partial charge is 0.271 e. The molecule has 1 heterocycles. The van der Waals surface area contributed by atoms with Crippen LogP contribution in [0, 0.1) is 5.82 Å². The second kappa shape index (κ2) is 6.30. The van der Waals surface area contributed by atoms with E-state index < -0.39 is 5.82 Å². The molecule has 0 amide bonds. The summed E-state index contributed by atoms with van der Waals surface area (Å²) in [6.45, 7) is 0. The zero-order chi connectivity index (χ0) is 13.8. The van der Waals surface area contributed by atoms with E-state index in [0.29, 0.717) is 17.0 Å². The average Bonchev–Trinajstić information content (AvgIpc) is 2.41. The van der Waals surface area contributed by atoms with Gasteiger partial charge in [0.1, 0.15) is 5.82 Å². The van der Waals surface area contributed by atoms with Crippen molar-refractivity contribution >= 4 is 23.2 Å². The van der Waals surface area contributed by atoms with E-state index in [-0.39, 0.29) is 11.1 Å². The topological polar surface area (TPSA) is 50.9 Å². The van der Waals surface area contributed by atoms with Gasteiger partial charge in [-0.15, -0.1) is 0 Å². The van der Waals surface area contributed by atoms with Crippen molar-refractivity contribution in [2.24, 2.45) is 5.84 Å². The number of hydrazine groups is 1. The minimum Gasteiger partial charge on any atom is -0.271 e. The van der Waals surface area contributed by atoms with Gasteiger partial charge in [0.25, 0.3) is 0 Å². The van der Waals surface area contributed by atoms with E-state index in [9.17, 15) is 4.39 Å². The van der Waals surface area contributed by atoms with Gasteiger partial charge in [-0.05, 0) is 29.7 Å². The monoisotopic (exact) mass is 299 g/mol. The fourth-order valence-corrected chi connectivity index (χ4v) is 2.30. The van der Waals surface area contributed by atoms with Crippen LogP contribution in [-0.2, 0) is 6.42 Å². The normalized spacial score (nSPS) is 12.4. The number of halogens is 3. The summed E-state index contributed by atoms with van der Waals surface area (Å²) in [5, 5.41) is 0.571. The van der Waals surface area contributed by atoms with Gasteiger partial charge in [0.05, 0.1) is 16.1 Å². The molecule has 0 radical (unpaired) electrons. The third-order valence-electron chi connectivity index (χ3n) is 2.84. The molecular weight excluding hydrogens is 288 g/mol. The minimum atomic E-state index is -0.436. The molecule has 1 unspecified atom stereocenters. The van der Waals surface area contributed by atoms with E-state index in [2.05, 4.69) is 10.4 Å². The Hall–Kier alpha value is -1.20. The summed E-state index contributed by atoms with van der Waals surface area (Å²) in [6, 6.07) is 6.30. The molecule has 2 aromatic rings. The lowest BCUT2D eigenvalue weighted by molar-refractivity contribution is 0.529. The summed E-state index contributed by atoms with van der Waals surface area (Å²) >= 11 is 11.8. The maximum Gasteiger partial charge on any atom is 0.145 e. The molecule has 100 valence electrons. The van der Waals surface area contributed by atoms with Gasteiger partial charge in [-0.3, -0.25) is 16.3 Å². The summed E-state index contributed by atoms with van der Waals surface area (Å²) in [6.07, 6.45) is 3.47. The SMILES string of the molecule is NNC(Cc1cccc(Cl)c1F)c1ccncc1Cl. The molecule has 0 aliphatic rings. The first kappa shape index (κ1) is 14.2. The van der Waals surface area contributed by atoms with Gasteiger partial charge in [-0.25, -0.2) is 4.39 Å². The number of hydrogen-bond acceptors (Lipinski definition) is 3. The van der Waals surface area contributed by atoms with Crippen LogP contribution in [0.15, 0.2) is 36.7 Å². The fraction of sp³-hybridized carbons (Fsp3) is 0.154. The lowest BCUT2D eigenvalue weighted by Gasteiger charge is -2.18. The minimum absolute atomic E-state index is 0.0918. The number of hydrogen-bond donors (Lipinski definition) is 2. The summed E-state index contributed by atoms with van der Waals surface area (Å²) < 4.78 is 13.9. The standard InChI is InChI=1S/C13H12Cl2FN3/c14-10-3-1-2-8(13(10)16)6-12(19-17)9-4-5-18-7-11(9)15/h1-5,7,12,19H,6,17H2. The van der Waals surface area contributed by atoms with Crippen molar-refractivity contribution in [2.45, 2.75) is 12.5 Å². The van der Waals surface area contributed by atoms with Crippen LogP contribution in [0.1, 0.15) is 17.2 Å². The smallest absolute Gasteiger partial charge is 0.145 e. The Morgan fingerprint density at radius 1 is 1.26 bits per heavy atom. The van der Waals surface area contributed by atoms with Crippen molar-refractivity contribution in [3.05, 3.63) is 63.6 Å². The van der Waals surface area contributed by atoms with Crippen LogP contribution in [0.2, 0.25) is 10.0 Å². The third-order valence-corrected chi connectivity index (χ3v) is 3.44. The van der Waals surface area contributed by atoms with Crippen LogP contribution in [0.25, 0.3) is 0 Å². The Labute approximate surface area is 120 Å². The summed E-state index contributed by atoms with van der Waals surface area (Å²) in [5.74, 6) is 5.09. The van der Waals surface area contributed by atoms with Gasteiger partial charge in [0, 0.05) is 12.4 Å². The van der Waals surface area contributed by atoms with Gasteiger partial charge in [-0.1, -0.05) is 35.3 Å². The zero-order valence-electron chi connectivity index (χ0n) is 9.91. The maximum atomic E-state index is 13.9. The number of aromatic nitrogens is 1. The van der Waals surface area contributed by atoms with E-state index in [1.807, 2.05) is 0 Å². The van der Waals surface area contributed by atoms with Gasteiger partial charge in [0.15, 0.2) is 0 Å². The lowest BCUT2D eigenvalue weighted by atomic mass is 10.00. The Morgan fingerprint density at radius 2 is 2.05 bits per heavy atom. The molecular formula is C13H12Cl2FN3. The van der Waals surface area contributed by atoms with Crippen molar-refractivity contribution in [2.75, 3.05) is 0 Å². The Kier molecular flexibility index (Phi) is 4.71. The first-order chi connectivity index (χ1) is 9.13. The highest BCUT2D eigenvalue weighted by Crippen LogP contribution is 2.27. The molecule has 6 heteroatoms. The van der Waals surface area contributed by atoms with E-state index in [0.717, 1.165) is 5.56 Å². The van der Waals surface area contributed by atoms with Crippen molar-refractivity contribution in [1.29, 1.82) is 0 Å². The average molecular weight is 300 g/mol. The molecule has 1 atom stereocenters. The Bertz CT molecular complexity index is 578. The Balaban J connectivity index is 2.30. The van der Waals surface area contributed by atoms with Gasteiger partial charge >= 0.3 is 0 Å². The maximum absolute atomic E-state index is 13.9. The highest BCUT2D eigenvalue weighted by Gasteiger charge is 2.16. The van der Waals surface area contributed by atoms with Gasteiger partial charge in [-0.2, -0.15) is 0 Å². The molecule has 1 aromatic heterocycles. The van der Waals surface area contributed by atoms with Crippen molar-refractivity contribution in [1.82, 2.24) is 10.4 Å². The summed E-state index contributed by atoms with van der Waals surface area (Å²) in [4.78, 5) is 3.90. The van der Waals surface area contributed by atoms with E-state index in [1.54, 1.807) is 24.4 Å². The molecule has 0 aliphatic heterocycles. The Morgan fingerprint density at radius 3 is 2.74 bits per heavy atom. The molecule has 0 saturated carbocycles. The molecule has 3 nitrogen and oxygen atoms in total. The molecule has 19 heavy (non-hydrogen) atoms. The first-order valence-electron chi connectivity index (χ1n) is 5.62. The molecule has 3 N–H and O–H groups in total. The fourth-order valence-electron chi connectivity index (χ4n) is 1.85. The van der Waals surface area contributed by atoms with Crippen molar-refractivity contribution in [3.63, 3.8) is 0 Å². The van der Waals surface area contributed by atoms with Crippen LogP contribution in [0.5, 0.6) is 0 Å². The molecule has 0 saturated heterocycles. The highest BCUT2D eigenvalue weighted by molar-refractivity contribution is 6.31. The third kappa shape index (κ3) is 3.22. The van der Waals surface area contributed by atoms with Crippen molar-refractivity contribution < 1.29 is 4.39 Å². The van der Waals surface area contributed by atoms with Gasteiger partial charge < -0.3 is 0 Å². The van der Waals surface area contributed by atoms with Crippen LogP contribution in [0.4, 0.5) is 4.39 Å². The number of rotatable bonds is 4. The van der Waals surface area contributed by atoms with E-state index >= 15 is 0 Å². The quantitative estimate of drug-likeness (QED) is 0.673. The van der Waals surface area contributed by atoms with Crippen LogP contribution in [-0.4, -0.2) is 4.98 Å². The van der Waals surface area contributed by atoms with Gasteiger partial charge in [0.2, 0.25) is 0 Å². The van der Waals surface area contributed by atoms with Crippen LogP contribution < -0.4 is 11.3 Å². The predicted molar refractivity (Wildman–Crippen MR) is 74.4 cm³/mol. The van der Waals surface area contributed by atoms with E-state index in [1.165, 1.54) is 12.3 Å². The molecule has 0 fully saturated rings. The van der Waals surface area contributed by atoms with Crippen LogP contribution >= 0.6 is 23.2 Å². The summed E-state index contributed by atoms with van der Waals surface area (Å²) in [5.41, 5.74) is 3.87. The highest BCUT2D eigenvalue weighted by atomic mass is 35.5. The molecule has 0 spiro atoms. The lowest BCUT2D eigenvalue weighted by Crippen LogP contribution is -2.30. The summed E-state index contributed by atoms with van der Waals surface area (Å²) in [7, 11) is 0. The van der Waals surface area contributed by atoms with E-state index in [4.69, 9.17) is 29.0 Å². The molecule has 2 rings (SSSR count). The zero-order valence-corrected chi connectivity index (χ0v) is 11.4. The molecule has 0 aliphatic carbocycles. The predicted octanol–water partition coefficient (Wildman–Crippen LogP) is 3.27. The van der Waals surface area contributed by atoms with Crippen LogP contribution in [0.3, 0.4) is 0 Å². The number of pyridine rings is 1. The second-order valence-electron chi connectivity index (χ2n) is 4.03. The van der Waals surface area contributed by atoms with Crippen molar-refractivity contribution in [3.8, 4) is 0 Å². The molecule has 0 bridgehead atoms.